The average Bonchev–Trinajstić information content (AvgIpc) is 2.92. The number of nitrogens with one attached hydrogen (secondary N) is 1. The van der Waals surface area contributed by atoms with E-state index < -0.39 is 22.2 Å². The van der Waals surface area contributed by atoms with Gasteiger partial charge >= 0.3 is 6.09 Å². The molecule has 0 aromatic heterocycles. The van der Waals surface area contributed by atoms with Gasteiger partial charge in [0.1, 0.15) is 0 Å². The number of ether oxygens (including phenoxy) is 1. The van der Waals surface area contributed by atoms with E-state index in [9.17, 15) is 22.8 Å². The molecule has 0 spiro atoms. The first-order valence-electron chi connectivity index (χ1n) is 9.30. The minimum absolute atomic E-state index is 0.0725. The molecule has 2 aliphatic heterocycles. The predicted octanol–water partition coefficient (Wildman–Crippen LogP) is 1.19. The van der Waals surface area contributed by atoms with E-state index in [1.165, 1.54) is 40.6 Å². The molecule has 0 radical (unpaired) electrons. The number of carbonyl (C=O) groups excluding carboxylic acids is 3. The highest BCUT2D eigenvalue weighted by Crippen LogP contribution is 2.38. The normalized spacial score (nSPS) is 24.9. The number of likely N-dealkylation sites (tertiary alicyclic amines) is 1. The zero-order valence-corrected chi connectivity index (χ0v) is 16.6. The number of hydrogen-bond acceptors (Lipinski definition) is 6. The third kappa shape index (κ3) is 3.32. The van der Waals surface area contributed by atoms with E-state index in [-0.39, 0.29) is 41.6 Å². The number of amides is 3. The van der Waals surface area contributed by atoms with Crippen LogP contribution in [0, 0.1) is 11.8 Å². The number of anilines is 1. The molecular formula is C19H21N3O6S. The number of hydrogen-bond donors (Lipinski definition) is 1. The molecule has 29 heavy (non-hydrogen) atoms. The van der Waals surface area contributed by atoms with Gasteiger partial charge in [-0.1, -0.05) is 12.2 Å². The summed E-state index contributed by atoms with van der Waals surface area (Å²) in [5.74, 6) is -1.00. The number of rotatable bonds is 4. The van der Waals surface area contributed by atoms with Gasteiger partial charge in [-0.25, -0.2) is 13.2 Å². The van der Waals surface area contributed by atoms with Crippen molar-refractivity contribution in [3.05, 3.63) is 36.4 Å². The molecule has 3 aliphatic rings. The molecule has 0 bridgehead atoms. The molecule has 0 saturated carbocycles. The number of sulfonamides is 1. The van der Waals surface area contributed by atoms with Crippen LogP contribution < -0.4 is 5.32 Å². The fraction of sp³-hybridized carbons (Fsp3) is 0.421. The number of methoxy groups -OCH3 is 1. The Kier molecular flexibility index (Phi) is 4.91. The largest absolute Gasteiger partial charge is 0.453 e. The summed E-state index contributed by atoms with van der Waals surface area (Å²) in [7, 11) is -2.52. The van der Waals surface area contributed by atoms with Gasteiger partial charge in [-0.15, -0.1) is 0 Å². The quantitative estimate of drug-likeness (QED) is 0.579. The van der Waals surface area contributed by atoms with Crippen LogP contribution in [0.25, 0.3) is 0 Å². The molecule has 0 unspecified atom stereocenters. The molecule has 1 aromatic rings. The van der Waals surface area contributed by atoms with Crippen molar-refractivity contribution in [1.29, 1.82) is 0 Å². The molecule has 3 amide bonds. The number of nitrogens with zero attached hydrogens (tertiary/aromatic N) is 2. The summed E-state index contributed by atoms with van der Waals surface area (Å²) in [6.07, 6.45) is 4.32. The molecule has 2 atom stereocenters. The molecule has 2 heterocycles. The van der Waals surface area contributed by atoms with Crippen molar-refractivity contribution in [1.82, 2.24) is 9.21 Å². The highest BCUT2D eigenvalue weighted by molar-refractivity contribution is 7.89. The Labute approximate surface area is 168 Å². The second-order valence-electron chi connectivity index (χ2n) is 7.32. The summed E-state index contributed by atoms with van der Waals surface area (Å²) in [4.78, 5) is 37.8. The number of fused-ring (bicyclic) bond motifs is 1. The van der Waals surface area contributed by atoms with Crippen LogP contribution in [0.2, 0.25) is 0 Å². The van der Waals surface area contributed by atoms with E-state index >= 15 is 0 Å². The molecule has 2 saturated heterocycles. The zero-order valence-electron chi connectivity index (χ0n) is 15.8. The Morgan fingerprint density at radius 1 is 1.03 bits per heavy atom. The van der Waals surface area contributed by atoms with E-state index in [0.717, 1.165) is 0 Å². The number of allylic oxidation sites excluding steroid dienone is 2. The lowest BCUT2D eigenvalue weighted by Gasteiger charge is -2.42. The van der Waals surface area contributed by atoms with E-state index in [2.05, 4.69) is 10.1 Å². The van der Waals surface area contributed by atoms with Crippen LogP contribution in [0.4, 0.5) is 10.5 Å². The first-order chi connectivity index (χ1) is 13.8. The smallest absolute Gasteiger partial charge is 0.411 e. The Morgan fingerprint density at radius 2 is 1.59 bits per heavy atom. The standard InChI is InChI=1S/C19H21N3O6S/c1-28-19(25)20-12-6-8-14(9-7-12)29(26,27)21-10-13(11-21)22-17(23)15-4-2-3-5-16(15)18(22)24/h2-3,6-9,13,15-16H,4-5,10-11H2,1H3,(H,20,25)/t15-,16-/m0/s1. The summed E-state index contributed by atoms with van der Waals surface area (Å²) in [6.45, 7) is 0.184. The summed E-state index contributed by atoms with van der Waals surface area (Å²) in [6, 6.07) is 5.29. The molecule has 9 nitrogen and oxygen atoms in total. The van der Waals surface area contributed by atoms with E-state index in [0.29, 0.717) is 18.5 Å². The van der Waals surface area contributed by atoms with Crippen LogP contribution in [0.15, 0.2) is 41.3 Å². The Morgan fingerprint density at radius 3 is 2.10 bits per heavy atom. The van der Waals surface area contributed by atoms with Crippen LogP contribution in [-0.4, -0.2) is 61.8 Å². The highest BCUT2D eigenvalue weighted by Gasteiger charge is 2.53. The van der Waals surface area contributed by atoms with Crippen molar-refractivity contribution in [3.63, 3.8) is 0 Å². The molecular weight excluding hydrogens is 398 g/mol. The second-order valence-corrected chi connectivity index (χ2v) is 9.26. The van der Waals surface area contributed by atoms with Crippen molar-refractivity contribution in [3.8, 4) is 0 Å². The Hall–Kier alpha value is -2.72. The van der Waals surface area contributed by atoms with Gasteiger partial charge in [0, 0.05) is 18.8 Å². The first-order valence-corrected chi connectivity index (χ1v) is 10.7. The first kappa shape index (κ1) is 19.6. The number of benzene rings is 1. The zero-order chi connectivity index (χ0) is 20.8. The summed E-state index contributed by atoms with van der Waals surface area (Å²) >= 11 is 0. The average molecular weight is 419 g/mol. The third-order valence-corrected chi connectivity index (χ3v) is 7.51. The topological polar surface area (TPSA) is 113 Å². The van der Waals surface area contributed by atoms with Crippen molar-refractivity contribution in [2.24, 2.45) is 11.8 Å². The van der Waals surface area contributed by atoms with E-state index in [4.69, 9.17) is 0 Å². The summed E-state index contributed by atoms with van der Waals surface area (Å²) < 4.78 is 31.3. The van der Waals surface area contributed by atoms with Crippen molar-refractivity contribution >= 4 is 33.6 Å². The van der Waals surface area contributed by atoms with Crippen LogP contribution in [0.3, 0.4) is 0 Å². The van der Waals surface area contributed by atoms with E-state index in [1.807, 2.05) is 12.2 Å². The van der Waals surface area contributed by atoms with Crippen LogP contribution in [0.5, 0.6) is 0 Å². The molecule has 10 heteroatoms. The molecule has 2 fully saturated rings. The SMILES string of the molecule is COC(=O)Nc1ccc(S(=O)(=O)N2CC(N3C(=O)[C@H]4CC=CC[C@@H]4C3=O)C2)cc1. The Bertz CT molecular complexity index is 956. The lowest BCUT2D eigenvalue weighted by molar-refractivity contribution is -0.145. The van der Waals surface area contributed by atoms with Gasteiger partial charge in [0.15, 0.2) is 0 Å². The number of imide groups is 1. The predicted molar refractivity (Wildman–Crippen MR) is 102 cm³/mol. The van der Waals surface area contributed by atoms with Gasteiger partial charge in [-0.2, -0.15) is 4.31 Å². The van der Waals surface area contributed by atoms with Gasteiger partial charge in [0.25, 0.3) is 0 Å². The lowest BCUT2D eigenvalue weighted by atomic mass is 9.85. The van der Waals surface area contributed by atoms with E-state index in [1.54, 1.807) is 0 Å². The molecule has 4 rings (SSSR count). The van der Waals surface area contributed by atoms with Crippen molar-refractivity contribution < 1.29 is 27.5 Å². The highest BCUT2D eigenvalue weighted by atomic mass is 32.2. The van der Waals surface area contributed by atoms with Crippen LogP contribution >= 0.6 is 0 Å². The van der Waals surface area contributed by atoms with Gasteiger partial charge < -0.3 is 4.74 Å². The maximum absolute atomic E-state index is 12.8. The minimum atomic E-state index is -3.75. The Balaban J connectivity index is 1.42. The van der Waals surface area contributed by atoms with Crippen LogP contribution in [0.1, 0.15) is 12.8 Å². The number of carbonyl (C=O) groups is 3. The third-order valence-electron chi connectivity index (χ3n) is 5.66. The van der Waals surface area contributed by atoms with Gasteiger partial charge in [0.2, 0.25) is 21.8 Å². The lowest BCUT2D eigenvalue weighted by Crippen LogP contribution is -2.62. The van der Waals surface area contributed by atoms with Gasteiger partial charge in [0.05, 0.1) is 29.9 Å². The summed E-state index contributed by atoms with van der Waals surface area (Å²) in [5.41, 5.74) is 0.404. The van der Waals surface area contributed by atoms with Crippen molar-refractivity contribution in [2.45, 2.75) is 23.8 Å². The fourth-order valence-corrected chi connectivity index (χ4v) is 5.51. The van der Waals surface area contributed by atoms with Gasteiger partial charge in [-0.05, 0) is 37.1 Å². The maximum Gasteiger partial charge on any atom is 0.411 e. The summed E-state index contributed by atoms with van der Waals surface area (Å²) in [5, 5.41) is 2.45. The van der Waals surface area contributed by atoms with Crippen molar-refractivity contribution in [2.75, 3.05) is 25.5 Å². The maximum atomic E-state index is 12.8. The minimum Gasteiger partial charge on any atom is -0.453 e. The monoisotopic (exact) mass is 419 g/mol. The molecule has 1 aliphatic carbocycles. The van der Waals surface area contributed by atoms with Crippen LogP contribution in [-0.2, 0) is 24.3 Å². The molecule has 1 aromatic carbocycles. The molecule has 1 N–H and O–H groups in total. The second kappa shape index (κ2) is 7.27. The van der Waals surface area contributed by atoms with Gasteiger partial charge in [-0.3, -0.25) is 19.8 Å². The fourth-order valence-electron chi connectivity index (χ4n) is 3.99. The molecule has 154 valence electrons.